The van der Waals surface area contributed by atoms with Crippen LogP contribution in [0.2, 0.25) is 5.15 Å². The standard InChI is InChI=1S/C17H13BrClN3O/c18-12-7-5-11(6-8-12)9-16(23)22-20-10-14-13-3-1-2-4-15(13)21-17(14)19/h1-8,10,21H,9H2,(H,22,23)/b20-10+. The van der Waals surface area contributed by atoms with Crippen LogP contribution in [0, 0.1) is 0 Å². The van der Waals surface area contributed by atoms with Gasteiger partial charge in [0.2, 0.25) is 5.91 Å². The minimum atomic E-state index is -0.181. The van der Waals surface area contributed by atoms with Gasteiger partial charge in [0.25, 0.3) is 0 Å². The number of carbonyl (C=O) groups excluding carboxylic acids is 1. The largest absolute Gasteiger partial charge is 0.345 e. The minimum Gasteiger partial charge on any atom is -0.345 e. The number of halogens is 2. The van der Waals surface area contributed by atoms with E-state index in [1.165, 1.54) is 0 Å². The highest BCUT2D eigenvalue weighted by Gasteiger charge is 2.07. The molecule has 0 radical (unpaired) electrons. The number of hydrogen-bond acceptors (Lipinski definition) is 2. The van der Waals surface area contributed by atoms with E-state index in [4.69, 9.17) is 11.6 Å². The fourth-order valence-electron chi connectivity index (χ4n) is 2.25. The van der Waals surface area contributed by atoms with Crippen molar-refractivity contribution < 1.29 is 4.79 Å². The number of fused-ring (bicyclic) bond motifs is 1. The zero-order chi connectivity index (χ0) is 16.2. The molecule has 3 aromatic rings. The van der Waals surface area contributed by atoms with Crippen LogP contribution < -0.4 is 5.43 Å². The molecule has 3 rings (SSSR count). The number of aromatic amines is 1. The molecule has 0 aliphatic carbocycles. The summed E-state index contributed by atoms with van der Waals surface area (Å²) >= 11 is 9.53. The second kappa shape index (κ2) is 6.98. The average molecular weight is 391 g/mol. The fourth-order valence-corrected chi connectivity index (χ4v) is 2.77. The van der Waals surface area contributed by atoms with E-state index >= 15 is 0 Å². The van der Waals surface area contributed by atoms with E-state index in [0.29, 0.717) is 5.15 Å². The van der Waals surface area contributed by atoms with Crippen molar-refractivity contribution in [2.24, 2.45) is 5.10 Å². The van der Waals surface area contributed by atoms with Crippen molar-refractivity contribution in [1.29, 1.82) is 0 Å². The van der Waals surface area contributed by atoms with Crippen LogP contribution >= 0.6 is 27.5 Å². The molecule has 0 bridgehead atoms. The fraction of sp³-hybridized carbons (Fsp3) is 0.0588. The van der Waals surface area contributed by atoms with Crippen molar-refractivity contribution in [3.8, 4) is 0 Å². The maximum absolute atomic E-state index is 11.9. The first-order valence-electron chi connectivity index (χ1n) is 6.96. The number of hydrazone groups is 1. The van der Waals surface area contributed by atoms with Crippen LogP contribution in [0.25, 0.3) is 10.9 Å². The molecule has 1 heterocycles. The van der Waals surface area contributed by atoms with Gasteiger partial charge in [0.1, 0.15) is 5.15 Å². The van der Waals surface area contributed by atoms with Crippen molar-refractivity contribution in [2.45, 2.75) is 6.42 Å². The molecule has 0 atom stereocenters. The van der Waals surface area contributed by atoms with Gasteiger partial charge in [-0.25, -0.2) is 5.43 Å². The molecular weight excluding hydrogens is 378 g/mol. The van der Waals surface area contributed by atoms with Crippen molar-refractivity contribution >= 4 is 50.6 Å². The lowest BCUT2D eigenvalue weighted by atomic mass is 10.1. The SMILES string of the molecule is O=C(Cc1ccc(Br)cc1)N/N=C/c1c(Cl)[nH]c2ccccc12. The Hall–Kier alpha value is -2.11. The number of amides is 1. The summed E-state index contributed by atoms with van der Waals surface area (Å²) in [6, 6.07) is 15.3. The summed E-state index contributed by atoms with van der Waals surface area (Å²) in [5, 5.41) is 5.46. The predicted molar refractivity (Wildman–Crippen MR) is 96.9 cm³/mol. The van der Waals surface area contributed by atoms with Crippen molar-refractivity contribution in [1.82, 2.24) is 10.4 Å². The summed E-state index contributed by atoms with van der Waals surface area (Å²) in [5.74, 6) is -0.181. The van der Waals surface area contributed by atoms with E-state index in [1.807, 2.05) is 48.5 Å². The highest BCUT2D eigenvalue weighted by atomic mass is 79.9. The van der Waals surface area contributed by atoms with Crippen LogP contribution in [-0.2, 0) is 11.2 Å². The molecule has 2 N–H and O–H groups in total. The number of hydrogen-bond donors (Lipinski definition) is 2. The van der Waals surface area contributed by atoms with Gasteiger partial charge in [0.05, 0.1) is 12.6 Å². The van der Waals surface area contributed by atoms with Gasteiger partial charge in [-0.1, -0.05) is 57.9 Å². The van der Waals surface area contributed by atoms with Crippen LogP contribution in [0.5, 0.6) is 0 Å². The Morgan fingerprint density at radius 2 is 1.96 bits per heavy atom. The van der Waals surface area contributed by atoms with E-state index in [1.54, 1.807) is 6.21 Å². The molecular formula is C17H13BrClN3O. The summed E-state index contributed by atoms with van der Waals surface area (Å²) < 4.78 is 0.980. The lowest BCUT2D eigenvalue weighted by Gasteiger charge is -2.00. The van der Waals surface area contributed by atoms with Crippen molar-refractivity contribution in [3.05, 3.63) is 69.3 Å². The van der Waals surface area contributed by atoms with Crippen LogP contribution in [0.4, 0.5) is 0 Å². The monoisotopic (exact) mass is 389 g/mol. The highest BCUT2D eigenvalue weighted by Crippen LogP contribution is 2.24. The summed E-state index contributed by atoms with van der Waals surface area (Å²) in [5.41, 5.74) is 5.13. The van der Waals surface area contributed by atoms with Crippen molar-refractivity contribution in [2.75, 3.05) is 0 Å². The average Bonchev–Trinajstić information content (AvgIpc) is 2.86. The first kappa shape index (κ1) is 15.8. The third-order valence-electron chi connectivity index (χ3n) is 3.36. The lowest BCUT2D eigenvalue weighted by molar-refractivity contribution is -0.120. The van der Waals surface area contributed by atoms with Crippen LogP contribution in [0.3, 0.4) is 0 Å². The lowest BCUT2D eigenvalue weighted by Crippen LogP contribution is -2.19. The quantitative estimate of drug-likeness (QED) is 0.507. The van der Waals surface area contributed by atoms with E-state index in [0.717, 1.165) is 26.5 Å². The maximum Gasteiger partial charge on any atom is 0.244 e. The number of aromatic nitrogens is 1. The molecule has 4 nitrogen and oxygen atoms in total. The number of nitrogens with zero attached hydrogens (tertiary/aromatic N) is 1. The Morgan fingerprint density at radius 1 is 1.22 bits per heavy atom. The summed E-state index contributed by atoms with van der Waals surface area (Å²) in [6.07, 6.45) is 1.83. The van der Waals surface area contributed by atoms with Gasteiger partial charge < -0.3 is 4.98 Å². The van der Waals surface area contributed by atoms with E-state index in [2.05, 4.69) is 31.4 Å². The Labute approximate surface area is 146 Å². The Kier molecular flexibility index (Phi) is 4.79. The first-order valence-corrected chi connectivity index (χ1v) is 8.13. The third-order valence-corrected chi connectivity index (χ3v) is 4.19. The number of H-pyrrole nitrogens is 1. The molecule has 2 aromatic carbocycles. The second-order valence-electron chi connectivity index (χ2n) is 4.99. The molecule has 1 aromatic heterocycles. The molecule has 0 fully saturated rings. The molecule has 1 amide bonds. The summed E-state index contributed by atoms with van der Waals surface area (Å²) in [7, 11) is 0. The minimum absolute atomic E-state index is 0.181. The molecule has 0 spiro atoms. The zero-order valence-electron chi connectivity index (χ0n) is 12.0. The highest BCUT2D eigenvalue weighted by molar-refractivity contribution is 9.10. The Morgan fingerprint density at radius 3 is 2.74 bits per heavy atom. The molecule has 23 heavy (non-hydrogen) atoms. The number of rotatable bonds is 4. The van der Waals surface area contributed by atoms with Crippen LogP contribution in [0.15, 0.2) is 58.1 Å². The molecule has 0 aliphatic rings. The molecule has 116 valence electrons. The smallest absolute Gasteiger partial charge is 0.244 e. The molecule has 6 heteroatoms. The van der Waals surface area contributed by atoms with Gasteiger partial charge in [0, 0.05) is 20.9 Å². The molecule has 0 unspecified atom stereocenters. The third kappa shape index (κ3) is 3.81. The Balaban J connectivity index is 1.67. The van der Waals surface area contributed by atoms with Gasteiger partial charge in [-0.15, -0.1) is 0 Å². The van der Waals surface area contributed by atoms with Gasteiger partial charge >= 0.3 is 0 Å². The van der Waals surface area contributed by atoms with Crippen LogP contribution in [-0.4, -0.2) is 17.1 Å². The van der Waals surface area contributed by atoms with Crippen LogP contribution in [0.1, 0.15) is 11.1 Å². The zero-order valence-corrected chi connectivity index (χ0v) is 14.4. The van der Waals surface area contributed by atoms with E-state index in [9.17, 15) is 4.79 Å². The number of carbonyl (C=O) groups is 1. The number of nitrogens with one attached hydrogen (secondary N) is 2. The van der Waals surface area contributed by atoms with Gasteiger partial charge in [-0.05, 0) is 23.8 Å². The number of benzene rings is 2. The van der Waals surface area contributed by atoms with E-state index < -0.39 is 0 Å². The number of para-hydroxylation sites is 1. The topological polar surface area (TPSA) is 57.2 Å². The summed E-state index contributed by atoms with van der Waals surface area (Å²) in [6.45, 7) is 0. The molecule has 0 saturated carbocycles. The predicted octanol–water partition coefficient (Wildman–Crippen LogP) is 4.28. The Bertz CT molecular complexity index is 871. The van der Waals surface area contributed by atoms with Crippen molar-refractivity contribution in [3.63, 3.8) is 0 Å². The van der Waals surface area contributed by atoms with Gasteiger partial charge in [-0.3, -0.25) is 4.79 Å². The maximum atomic E-state index is 11.9. The van der Waals surface area contributed by atoms with Gasteiger partial charge in [0.15, 0.2) is 0 Å². The van der Waals surface area contributed by atoms with Gasteiger partial charge in [-0.2, -0.15) is 5.10 Å². The first-order chi connectivity index (χ1) is 11.1. The summed E-state index contributed by atoms with van der Waals surface area (Å²) in [4.78, 5) is 15.0. The molecule has 0 saturated heterocycles. The van der Waals surface area contributed by atoms with E-state index in [-0.39, 0.29) is 12.3 Å². The second-order valence-corrected chi connectivity index (χ2v) is 6.29. The normalized spacial score (nSPS) is 11.2. The molecule has 0 aliphatic heterocycles.